The number of rotatable bonds is 11. The molecule has 5 N–H and O–H groups in total. The quantitative estimate of drug-likeness (QED) is 0.256. The van der Waals surface area contributed by atoms with Crippen LogP contribution in [0.3, 0.4) is 0 Å². The molecule has 7 atom stereocenters. The standard InChI is InChI=1S/C31H48N4O6/c1-4-20(2)27-31(41)35-18-12-11-16-25(35)30(40)32-23(15-9-6-10-17-26(37)21(3)36)28(38)33-24(29(39)34-27)19-22-13-7-5-8-14-22/h5,7-8,13-14,20-21,23-27,36-37H,4,6,9-12,15-19H2,1-3H3,(H,32,40)(H,33,38)(H,34,39)/t20-,21+,23-,24+,25-,26-,27-/m0/s1. The molecule has 1 aromatic rings. The predicted molar refractivity (Wildman–Crippen MR) is 156 cm³/mol. The van der Waals surface area contributed by atoms with Crippen molar-refractivity contribution in [1.29, 1.82) is 0 Å². The van der Waals surface area contributed by atoms with Crippen molar-refractivity contribution in [3.05, 3.63) is 35.9 Å². The summed E-state index contributed by atoms with van der Waals surface area (Å²) in [7, 11) is 0. The highest BCUT2D eigenvalue weighted by Gasteiger charge is 2.40. The van der Waals surface area contributed by atoms with Gasteiger partial charge in [-0.3, -0.25) is 19.2 Å². The number of fused-ring (bicyclic) bond motifs is 1. The Morgan fingerprint density at radius 1 is 0.878 bits per heavy atom. The van der Waals surface area contributed by atoms with E-state index in [9.17, 15) is 29.4 Å². The fourth-order valence-corrected chi connectivity index (χ4v) is 5.57. The summed E-state index contributed by atoms with van der Waals surface area (Å²) in [5, 5.41) is 28.1. The van der Waals surface area contributed by atoms with Gasteiger partial charge in [0, 0.05) is 13.0 Å². The second kappa shape index (κ2) is 15.9. The number of amides is 4. The van der Waals surface area contributed by atoms with Crippen LogP contribution in [-0.4, -0.2) is 81.7 Å². The first-order valence-corrected chi connectivity index (χ1v) is 15.2. The Kier molecular flexibility index (Phi) is 12.6. The largest absolute Gasteiger partial charge is 0.391 e. The van der Waals surface area contributed by atoms with Crippen LogP contribution in [0.2, 0.25) is 0 Å². The Morgan fingerprint density at radius 3 is 2.24 bits per heavy atom. The van der Waals surface area contributed by atoms with Crippen molar-refractivity contribution >= 4 is 23.6 Å². The molecule has 0 saturated carbocycles. The van der Waals surface area contributed by atoms with Gasteiger partial charge in [0.1, 0.15) is 24.2 Å². The average molecular weight is 573 g/mol. The number of carbonyl (C=O) groups excluding carboxylic acids is 4. The third-order valence-corrected chi connectivity index (χ3v) is 8.46. The van der Waals surface area contributed by atoms with E-state index in [1.807, 2.05) is 44.2 Å². The summed E-state index contributed by atoms with van der Waals surface area (Å²) in [4.78, 5) is 56.3. The molecule has 2 heterocycles. The normalized spacial score (nSPS) is 26.4. The topological polar surface area (TPSA) is 148 Å². The maximum Gasteiger partial charge on any atom is 0.246 e. The second-order valence-corrected chi connectivity index (χ2v) is 11.7. The van der Waals surface area contributed by atoms with Gasteiger partial charge in [0.15, 0.2) is 0 Å². The van der Waals surface area contributed by atoms with E-state index in [4.69, 9.17) is 0 Å². The summed E-state index contributed by atoms with van der Waals surface area (Å²) in [5.41, 5.74) is 0.861. The first-order valence-electron chi connectivity index (χ1n) is 15.2. The number of aliphatic hydroxyl groups excluding tert-OH is 2. The molecule has 2 aliphatic rings. The third kappa shape index (κ3) is 9.26. The summed E-state index contributed by atoms with van der Waals surface area (Å²) < 4.78 is 0. The minimum absolute atomic E-state index is 0.159. The molecule has 41 heavy (non-hydrogen) atoms. The summed E-state index contributed by atoms with van der Waals surface area (Å²) in [6.45, 7) is 5.84. The number of piperidine rings is 1. The first kappa shape index (κ1) is 32.5. The zero-order chi connectivity index (χ0) is 29.9. The van der Waals surface area contributed by atoms with Crippen molar-refractivity contribution in [2.75, 3.05) is 6.54 Å². The van der Waals surface area contributed by atoms with Crippen LogP contribution in [0, 0.1) is 5.92 Å². The van der Waals surface area contributed by atoms with Gasteiger partial charge in [-0.25, -0.2) is 0 Å². The number of unbranched alkanes of at least 4 members (excludes halogenated alkanes) is 2. The number of nitrogens with one attached hydrogen (secondary N) is 3. The monoisotopic (exact) mass is 572 g/mol. The zero-order valence-electron chi connectivity index (χ0n) is 24.7. The Hall–Kier alpha value is -2.98. The van der Waals surface area contributed by atoms with Gasteiger partial charge in [-0.2, -0.15) is 0 Å². The molecule has 0 unspecified atom stereocenters. The van der Waals surface area contributed by atoms with E-state index in [1.165, 1.54) is 0 Å². The van der Waals surface area contributed by atoms with Gasteiger partial charge in [0.25, 0.3) is 0 Å². The summed E-state index contributed by atoms with van der Waals surface area (Å²) in [6.07, 6.45) is 4.11. The highest BCUT2D eigenvalue weighted by Crippen LogP contribution is 2.22. The molecule has 1 aromatic carbocycles. The Balaban J connectivity index is 1.86. The van der Waals surface area contributed by atoms with Crippen molar-refractivity contribution in [3.8, 4) is 0 Å². The number of hydrogen-bond donors (Lipinski definition) is 5. The average Bonchev–Trinajstić information content (AvgIpc) is 2.97. The molecule has 0 aromatic heterocycles. The van der Waals surface area contributed by atoms with Crippen molar-refractivity contribution in [1.82, 2.24) is 20.9 Å². The second-order valence-electron chi connectivity index (χ2n) is 11.7. The summed E-state index contributed by atoms with van der Waals surface area (Å²) in [5.74, 6) is -1.63. The van der Waals surface area contributed by atoms with Gasteiger partial charge >= 0.3 is 0 Å². The van der Waals surface area contributed by atoms with Gasteiger partial charge in [-0.05, 0) is 50.5 Å². The number of hydrogen-bond acceptors (Lipinski definition) is 6. The fourth-order valence-electron chi connectivity index (χ4n) is 5.57. The molecule has 228 valence electrons. The van der Waals surface area contributed by atoms with E-state index < -0.39 is 48.2 Å². The van der Waals surface area contributed by atoms with Crippen molar-refractivity contribution in [3.63, 3.8) is 0 Å². The Morgan fingerprint density at radius 2 is 1.56 bits per heavy atom. The van der Waals surface area contributed by atoms with Crippen LogP contribution >= 0.6 is 0 Å². The molecule has 10 nitrogen and oxygen atoms in total. The Bertz CT molecular complexity index is 1020. The summed E-state index contributed by atoms with van der Waals surface area (Å²) in [6, 6.07) is 6.06. The van der Waals surface area contributed by atoms with Gasteiger partial charge in [0.05, 0.1) is 12.2 Å². The third-order valence-electron chi connectivity index (χ3n) is 8.46. The van der Waals surface area contributed by atoms with Crippen molar-refractivity contribution in [2.24, 2.45) is 5.92 Å². The van der Waals surface area contributed by atoms with Crippen LogP contribution in [-0.2, 0) is 25.6 Å². The molecule has 2 aliphatic heterocycles. The molecular weight excluding hydrogens is 524 g/mol. The van der Waals surface area contributed by atoms with E-state index in [0.29, 0.717) is 51.5 Å². The van der Waals surface area contributed by atoms with Crippen LogP contribution < -0.4 is 16.0 Å². The van der Waals surface area contributed by atoms with Crippen LogP contribution in [0.4, 0.5) is 0 Å². The van der Waals surface area contributed by atoms with Crippen LogP contribution in [0.5, 0.6) is 0 Å². The van der Waals surface area contributed by atoms with Crippen molar-refractivity contribution in [2.45, 2.75) is 121 Å². The first-order chi connectivity index (χ1) is 19.6. The highest BCUT2D eigenvalue weighted by molar-refractivity contribution is 5.97. The van der Waals surface area contributed by atoms with Gasteiger partial charge in [-0.15, -0.1) is 0 Å². The number of benzene rings is 1. The van der Waals surface area contributed by atoms with E-state index in [2.05, 4.69) is 16.0 Å². The molecule has 0 radical (unpaired) electrons. The number of aliphatic hydroxyl groups is 2. The molecule has 4 amide bonds. The molecule has 0 aliphatic carbocycles. The van der Waals surface area contributed by atoms with E-state index in [1.54, 1.807) is 11.8 Å². The van der Waals surface area contributed by atoms with E-state index in [0.717, 1.165) is 18.4 Å². The van der Waals surface area contributed by atoms with Crippen molar-refractivity contribution < 1.29 is 29.4 Å². The molecule has 0 bridgehead atoms. The highest BCUT2D eigenvalue weighted by atomic mass is 16.3. The lowest BCUT2D eigenvalue weighted by Gasteiger charge is -2.39. The van der Waals surface area contributed by atoms with Crippen LogP contribution in [0.15, 0.2) is 30.3 Å². The predicted octanol–water partition coefficient (Wildman–Crippen LogP) is 1.82. The molecule has 0 spiro atoms. The van der Waals surface area contributed by atoms with Gasteiger partial charge < -0.3 is 31.1 Å². The molecule has 3 rings (SSSR count). The molecular formula is C31H48N4O6. The maximum absolute atomic E-state index is 13.9. The smallest absolute Gasteiger partial charge is 0.246 e. The van der Waals surface area contributed by atoms with Gasteiger partial charge in [-0.1, -0.05) is 69.9 Å². The van der Waals surface area contributed by atoms with E-state index in [-0.39, 0.29) is 24.2 Å². The number of nitrogens with zero attached hydrogens (tertiary/aromatic N) is 1. The Labute approximate surface area is 243 Å². The van der Waals surface area contributed by atoms with Crippen LogP contribution in [0.1, 0.15) is 84.1 Å². The molecule has 2 saturated heterocycles. The maximum atomic E-state index is 13.9. The SMILES string of the molecule is CC[C@H](C)[C@@H]1NC(=O)[C@@H](Cc2ccccc2)NC(=O)[C@H](CCCCC[C@H](O)[C@@H](C)O)NC(=O)[C@@H]2CCCCN2C1=O. The zero-order valence-corrected chi connectivity index (χ0v) is 24.7. The molecule has 2 fully saturated rings. The minimum atomic E-state index is -0.929. The molecule has 10 heteroatoms. The minimum Gasteiger partial charge on any atom is -0.391 e. The summed E-state index contributed by atoms with van der Waals surface area (Å²) >= 11 is 0. The lowest BCUT2D eigenvalue weighted by atomic mass is 9.93. The van der Waals surface area contributed by atoms with E-state index >= 15 is 0 Å². The van der Waals surface area contributed by atoms with Gasteiger partial charge in [0.2, 0.25) is 23.6 Å². The fraction of sp³-hybridized carbons (Fsp3) is 0.677. The number of carbonyl (C=O) groups is 4. The lowest BCUT2D eigenvalue weighted by Crippen LogP contribution is -2.64. The lowest BCUT2D eigenvalue weighted by molar-refractivity contribution is -0.147. The van der Waals surface area contributed by atoms with Crippen LogP contribution in [0.25, 0.3) is 0 Å².